The third kappa shape index (κ3) is 3.56. The Morgan fingerprint density at radius 1 is 1.38 bits per heavy atom. The van der Waals surface area contributed by atoms with Gasteiger partial charge in [-0.05, 0) is 5.56 Å². The zero-order chi connectivity index (χ0) is 9.52. The molecular weight excluding hydrogens is 164 g/mol. The molecule has 0 aliphatic rings. The lowest BCUT2D eigenvalue weighted by molar-refractivity contribution is -0.139. The first-order chi connectivity index (χ1) is 6.33. The summed E-state index contributed by atoms with van der Waals surface area (Å²) in [4.78, 5) is 10.7. The van der Waals surface area contributed by atoms with Crippen LogP contribution in [0.15, 0.2) is 36.4 Å². The first-order valence-electron chi connectivity index (χ1n) is 4.11. The first-order valence-corrected chi connectivity index (χ1v) is 4.11. The van der Waals surface area contributed by atoms with Crippen molar-refractivity contribution in [2.45, 2.75) is 6.42 Å². The van der Waals surface area contributed by atoms with Crippen LogP contribution < -0.4 is 0 Å². The molecule has 1 aromatic rings. The molecule has 2 heteroatoms. The number of hydrogen-bond acceptors (Lipinski definition) is 2. The van der Waals surface area contributed by atoms with E-state index in [4.69, 9.17) is 0 Å². The summed E-state index contributed by atoms with van der Waals surface area (Å²) in [7, 11) is 1.39. The van der Waals surface area contributed by atoms with Gasteiger partial charge < -0.3 is 4.74 Å². The van der Waals surface area contributed by atoms with Crippen molar-refractivity contribution in [1.82, 2.24) is 0 Å². The molecule has 0 atom stereocenters. The summed E-state index contributed by atoms with van der Waals surface area (Å²) in [5, 5.41) is 0. The van der Waals surface area contributed by atoms with Gasteiger partial charge in [-0.2, -0.15) is 0 Å². The number of carbonyl (C=O) groups is 1. The van der Waals surface area contributed by atoms with Crippen LogP contribution in [0.1, 0.15) is 12.0 Å². The Bertz CT molecular complexity index is 288. The van der Waals surface area contributed by atoms with E-state index in [0.29, 0.717) is 6.42 Å². The first kappa shape index (κ1) is 9.52. The van der Waals surface area contributed by atoms with E-state index in [1.54, 1.807) is 6.08 Å². The molecule has 0 fully saturated rings. The molecule has 0 radical (unpaired) electrons. The minimum atomic E-state index is -0.216. The lowest BCUT2D eigenvalue weighted by atomic mass is 10.2. The SMILES string of the molecule is COC(=O)CC=Cc1ccccc1. The van der Waals surface area contributed by atoms with Crippen molar-refractivity contribution in [2.24, 2.45) is 0 Å². The highest BCUT2D eigenvalue weighted by Crippen LogP contribution is 2.01. The fourth-order valence-corrected chi connectivity index (χ4v) is 0.939. The van der Waals surface area contributed by atoms with Crippen LogP contribution in [-0.4, -0.2) is 13.1 Å². The topological polar surface area (TPSA) is 26.3 Å². The Hall–Kier alpha value is -1.57. The van der Waals surface area contributed by atoms with E-state index in [0.717, 1.165) is 5.56 Å². The van der Waals surface area contributed by atoms with Crippen molar-refractivity contribution >= 4 is 12.0 Å². The van der Waals surface area contributed by atoms with Gasteiger partial charge >= 0.3 is 5.97 Å². The number of hydrogen-bond donors (Lipinski definition) is 0. The monoisotopic (exact) mass is 176 g/mol. The summed E-state index contributed by atoms with van der Waals surface area (Å²) in [5.74, 6) is -0.216. The molecule has 68 valence electrons. The number of benzene rings is 1. The molecule has 1 aromatic carbocycles. The molecule has 0 spiro atoms. The predicted molar refractivity (Wildman–Crippen MR) is 52.1 cm³/mol. The summed E-state index contributed by atoms with van der Waals surface area (Å²) < 4.78 is 4.50. The fourth-order valence-electron chi connectivity index (χ4n) is 0.939. The molecule has 0 aromatic heterocycles. The Kier molecular flexibility index (Phi) is 3.76. The quantitative estimate of drug-likeness (QED) is 0.660. The molecule has 0 saturated carbocycles. The van der Waals surface area contributed by atoms with E-state index in [-0.39, 0.29) is 5.97 Å². The van der Waals surface area contributed by atoms with Crippen molar-refractivity contribution in [3.8, 4) is 0 Å². The highest BCUT2D eigenvalue weighted by atomic mass is 16.5. The van der Waals surface area contributed by atoms with Crippen LogP contribution in [0.4, 0.5) is 0 Å². The Morgan fingerprint density at radius 2 is 2.08 bits per heavy atom. The lowest BCUT2D eigenvalue weighted by Crippen LogP contribution is -1.96. The van der Waals surface area contributed by atoms with Crippen LogP contribution in [-0.2, 0) is 9.53 Å². The number of methoxy groups -OCH3 is 1. The predicted octanol–water partition coefficient (Wildman–Crippen LogP) is 2.26. The second-order valence-corrected chi connectivity index (χ2v) is 2.59. The number of rotatable bonds is 3. The van der Waals surface area contributed by atoms with E-state index in [1.807, 2.05) is 36.4 Å². The largest absolute Gasteiger partial charge is 0.469 e. The van der Waals surface area contributed by atoms with Gasteiger partial charge in [-0.3, -0.25) is 4.79 Å². The molecule has 0 heterocycles. The maximum atomic E-state index is 10.7. The Labute approximate surface area is 77.8 Å². The van der Waals surface area contributed by atoms with Gasteiger partial charge in [-0.25, -0.2) is 0 Å². The van der Waals surface area contributed by atoms with E-state index < -0.39 is 0 Å². The average molecular weight is 176 g/mol. The highest BCUT2D eigenvalue weighted by Gasteiger charge is 1.93. The molecule has 0 N–H and O–H groups in total. The summed E-state index contributed by atoms with van der Waals surface area (Å²) in [6.07, 6.45) is 4.02. The van der Waals surface area contributed by atoms with Crippen LogP contribution in [0.2, 0.25) is 0 Å². The van der Waals surface area contributed by atoms with Gasteiger partial charge in [-0.1, -0.05) is 42.5 Å². The molecule has 0 aliphatic heterocycles. The van der Waals surface area contributed by atoms with Gasteiger partial charge in [0.25, 0.3) is 0 Å². The maximum absolute atomic E-state index is 10.7. The van der Waals surface area contributed by atoms with Crippen molar-refractivity contribution in [3.05, 3.63) is 42.0 Å². The molecule has 0 bridgehead atoms. The molecule has 2 nitrogen and oxygen atoms in total. The Morgan fingerprint density at radius 3 is 2.69 bits per heavy atom. The second kappa shape index (κ2) is 5.14. The van der Waals surface area contributed by atoms with Gasteiger partial charge in [0, 0.05) is 0 Å². The zero-order valence-corrected chi connectivity index (χ0v) is 7.57. The van der Waals surface area contributed by atoms with Gasteiger partial charge in [0.15, 0.2) is 0 Å². The van der Waals surface area contributed by atoms with E-state index in [1.165, 1.54) is 7.11 Å². The van der Waals surface area contributed by atoms with Crippen LogP contribution in [0, 0.1) is 0 Å². The van der Waals surface area contributed by atoms with Crippen LogP contribution in [0.25, 0.3) is 6.08 Å². The summed E-state index contributed by atoms with van der Waals surface area (Å²) in [6, 6.07) is 9.83. The van der Waals surface area contributed by atoms with Crippen LogP contribution >= 0.6 is 0 Å². The third-order valence-corrected chi connectivity index (χ3v) is 1.62. The van der Waals surface area contributed by atoms with Crippen molar-refractivity contribution in [2.75, 3.05) is 7.11 Å². The minimum absolute atomic E-state index is 0.216. The van der Waals surface area contributed by atoms with Crippen LogP contribution in [0.5, 0.6) is 0 Å². The van der Waals surface area contributed by atoms with E-state index in [9.17, 15) is 4.79 Å². The van der Waals surface area contributed by atoms with E-state index >= 15 is 0 Å². The average Bonchev–Trinajstić information content (AvgIpc) is 2.19. The standard InChI is InChI=1S/C11H12O2/c1-13-11(12)9-5-8-10-6-3-2-4-7-10/h2-8H,9H2,1H3. The fraction of sp³-hybridized carbons (Fsp3) is 0.182. The molecule has 0 saturated heterocycles. The highest BCUT2D eigenvalue weighted by molar-refractivity contribution is 5.72. The Balaban J connectivity index is 2.45. The summed E-state index contributed by atoms with van der Waals surface area (Å²) in [5.41, 5.74) is 1.09. The van der Waals surface area contributed by atoms with Gasteiger partial charge in [0.05, 0.1) is 13.5 Å². The van der Waals surface area contributed by atoms with Crippen LogP contribution in [0.3, 0.4) is 0 Å². The summed E-state index contributed by atoms with van der Waals surface area (Å²) >= 11 is 0. The van der Waals surface area contributed by atoms with Gasteiger partial charge in [-0.15, -0.1) is 0 Å². The summed E-state index contributed by atoms with van der Waals surface area (Å²) in [6.45, 7) is 0. The van der Waals surface area contributed by atoms with Crippen molar-refractivity contribution in [3.63, 3.8) is 0 Å². The molecule has 0 unspecified atom stereocenters. The number of carbonyl (C=O) groups excluding carboxylic acids is 1. The maximum Gasteiger partial charge on any atom is 0.309 e. The minimum Gasteiger partial charge on any atom is -0.469 e. The zero-order valence-electron chi connectivity index (χ0n) is 7.57. The normalized spacial score (nSPS) is 10.2. The molecule has 0 amide bonds. The molecular formula is C11H12O2. The molecule has 1 rings (SSSR count). The number of esters is 1. The number of ether oxygens (including phenoxy) is 1. The third-order valence-electron chi connectivity index (χ3n) is 1.62. The van der Waals surface area contributed by atoms with Gasteiger partial charge in [0.1, 0.15) is 0 Å². The second-order valence-electron chi connectivity index (χ2n) is 2.59. The lowest BCUT2D eigenvalue weighted by Gasteiger charge is -1.92. The van der Waals surface area contributed by atoms with E-state index in [2.05, 4.69) is 4.74 Å². The van der Waals surface area contributed by atoms with Crippen molar-refractivity contribution < 1.29 is 9.53 Å². The van der Waals surface area contributed by atoms with Crippen molar-refractivity contribution in [1.29, 1.82) is 0 Å². The smallest absolute Gasteiger partial charge is 0.309 e. The molecule has 0 aliphatic carbocycles. The molecule has 13 heavy (non-hydrogen) atoms. The van der Waals surface area contributed by atoms with Gasteiger partial charge in [0.2, 0.25) is 0 Å².